The van der Waals surface area contributed by atoms with E-state index in [-0.39, 0.29) is 22.9 Å². The number of nitrogens with one attached hydrogen (secondary N) is 1. The first-order chi connectivity index (χ1) is 15.4. The molecular formula is C24H23FN2O4S. The summed E-state index contributed by atoms with van der Waals surface area (Å²) in [4.78, 5) is 14.3. The van der Waals surface area contributed by atoms with Gasteiger partial charge in [-0.25, -0.2) is 17.5 Å². The maximum atomic E-state index is 14.1. The topological polar surface area (TPSA) is 75.7 Å². The summed E-state index contributed by atoms with van der Waals surface area (Å²) in [5.41, 5.74) is 2.45. The zero-order chi connectivity index (χ0) is 22.6. The molecule has 1 heterocycles. The molecule has 1 amide bonds. The minimum absolute atomic E-state index is 0.109. The summed E-state index contributed by atoms with van der Waals surface area (Å²) in [5.74, 6) is -0.890. The molecule has 0 spiro atoms. The van der Waals surface area contributed by atoms with Crippen molar-refractivity contribution in [1.29, 1.82) is 0 Å². The average Bonchev–Trinajstić information content (AvgIpc) is 2.83. The molecule has 1 aliphatic rings. The van der Waals surface area contributed by atoms with Gasteiger partial charge in [-0.05, 0) is 47.0 Å². The molecule has 0 saturated carbocycles. The molecule has 4 rings (SSSR count). The van der Waals surface area contributed by atoms with E-state index in [2.05, 4.69) is 4.72 Å². The maximum absolute atomic E-state index is 14.1. The van der Waals surface area contributed by atoms with E-state index in [0.717, 1.165) is 17.2 Å². The molecule has 166 valence electrons. The lowest BCUT2D eigenvalue weighted by Gasteiger charge is -2.27. The lowest BCUT2D eigenvalue weighted by atomic mass is 10.1. The van der Waals surface area contributed by atoms with Crippen LogP contribution in [0.1, 0.15) is 15.9 Å². The van der Waals surface area contributed by atoms with Crippen LogP contribution in [0.25, 0.3) is 11.1 Å². The molecule has 3 aromatic carbocycles. The Morgan fingerprint density at radius 3 is 2.28 bits per heavy atom. The molecule has 0 unspecified atom stereocenters. The number of hydrogen-bond acceptors (Lipinski definition) is 4. The zero-order valence-corrected chi connectivity index (χ0v) is 18.1. The SMILES string of the molecule is O=C(c1cc(F)cc(CNS(=O)(=O)c2ccc(-c3ccccc3)cc2)c1)N1CCOCC1. The van der Waals surface area contributed by atoms with Gasteiger partial charge in [-0.2, -0.15) is 0 Å². The fourth-order valence-corrected chi connectivity index (χ4v) is 4.56. The number of benzene rings is 3. The van der Waals surface area contributed by atoms with Gasteiger partial charge in [0.25, 0.3) is 5.91 Å². The number of hydrogen-bond donors (Lipinski definition) is 1. The highest BCUT2D eigenvalue weighted by Crippen LogP contribution is 2.21. The average molecular weight is 455 g/mol. The highest BCUT2D eigenvalue weighted by atomic mass is 32.2. The van der Waals surface area contributed by atoms with Crippen LogP contribution in [-0.2, 0) is 21.3 Å². The van der Waals surface area contributed by atoms with Gasteiger partial charge >= 0.3 is 0 Å². The second kappa shape index (κ2) is 9.60. The van der Waals surface area contributed by atoms with Crippen molar-refractivity contribution in [3.05, 3.63) is 89.7 Å². The van der Waals surface area contributed by atoms with E-state index in [4.69, 9.17) is 4.74 Å². The summed E-state index contributed by atoms with van der Waals surface area (Å²) >= 11 is 0. The van der Waals surface area contributed by atoms with Gasteiger partial charge in [-0.3, -0.25) is 4.79 Å². The summed E-state index contributed by atoms with van der Waals surface area (Å²) in [7, 11) is -3.81. The molecule has 1 fully saturated rings. The lowest BCUT2D eigenvalue weighted by molar-refractivity contribution is 0.0302. The van der Waals surface area contributed by atoms with Crippen molar-refractivity contribution in [2.45, 2.75) is 11.4 Å². The van der Waals surface area contributed by atoms with Gasteiger partial charge in [-0.1, -0.05) is 42.5 Å². The van der Waals surface area contributed by atoms with Crippen molar-refractivity contribution in [3.63, 3.8) is 0 Å². The van der Waals surface area contributed by atoms with Crippen molar-refractivity contribution in [1.82, 2.24) is 9.62 Å². The van der Waals surface area contributed by atoms with Crippen LogP contribution in [0.3, 0.4) is 0 Å². The Kier molecular flexibility index (Phi) is 6.64. The standard InChI is InChI=1S/C24H23FN2O4S/c25-22-15-18(14-21(16-22)24(28)27-10-12-31-13-11-27)17-26-32(29,30)23-8-6-20(7-9-23)19-4-2-1-3-5-19/h1-9,14-16,26H,10-13,17H2. The minimum atomic E-state index is -3.81. The number of carbonyl (C=O) groups excluding carboxylic acids is 1. The molecule has 1 saturated heterocycles. The van der Waals surface area contributed by atoms with Gasteiger partial charge in [0.2, 0.25) is 10.0 Å². The molecule has 0 aromatic heterocycles. The van der Waals surface area contributed by atoms with Crippen molar-refractivity contribution in [3.8, 4) is 11.1 Å². The number of morpholine rings is 1. The predicted molar refractivity (Wildman–Crippen MR) is 119 cm³/mol. The number of rotatable bonds is 6. The predicted octanol–water partition coefficient (Wildman–Crippen LogP) is 3.44. The van der Waals surface area contributed by atoms with Gasteiger partial charge in [0.05, 0.1) is 18.1 Å². The third-order valence-corrected chi connectivity index (χ3v) is 6.66. The van der Waals surface area contributed by atoms with E-state index < -0.39 is 15.8 Å². The Morgan fingerprint density at radius 1 is 0.938 bits per heavy atom. The van der Waals surface area contributed by atoms with Crippen LogP contribution in [-0.4, -0.2) is 45.5 Å². The van der Waals surface area contributed by atoms with Crippen LogP contribution in [0.2, 0.25) is 0 Å². The third-order valence-electron chi connectivity index (χ3n) is 5.24. The molecule has 32 heavy (non-hydrogen) atoms. The summed E-state index contributed by atoms with van der Waals surface area (Å²) in [5, 5.41) is 0. The minimum Gasteiger partial charge on any atom is -0.378 e. The number of halogens is 1. The number of carbonyl (C=O) groups is 1. The van der Waals surface area contributed by atoms with Gasteiger partial charge < -0.3 is 9.64 Å². The molecule has 0 aliphatic carbocycles. The van der Waals surface area contributed by atoms with Crippen LogP contribution in [0.5, 0.6) is 0 Å². The first-order valence-electron chi connectivity index (χ1n) is 10.2. The van der Waals surface area contributed by atoms with Gasteiger partial charge in [-0.15, -0.1) is 0 Å². The van der Waals surface area contributed by atoms with Crippen LogP contribution in [0, 0.1) is 5.82 Å². The van der Waals surface area contributed by atoms with E-state index in [1.54, 1.807) is 17.0 Å². The van der Waals surface area contributed by atoms with E-state index in [1.165, 1.54) is 24.3 Å². The molecular weight excluding hydrogens is 431 g/mol. The summed E-state index contributed by atoms with van der Waals surface area (Å²) in [6, 6.07) is 20.1. The summed E-state index contributed by atoms with van der Waals surface area (Å²) in [6.45, 7) is 1.63. The number of amides is 1. The molecule has 3 aromatic rings. The lowest BCUT2D eigenvalue weighted by Crippen LogP contribution is -2.40. The molecule has 0 radical (unpaired) electrons. The Balaban J connectivity index is 1.46. The van der Waals surface area contributed by atoms with Crippen LogP contribution in [0.4, 0.5) is 4.39 Å². The number of ether oxygens (including phenoxy) is 1. The second-order valence-electron chi connectivity index (χ2n) is 7.47. The first kappa shape index (κ1) is 22.1. The smallest absolute Gasteiger partial charge is 0.254 e. The maximum Gasteiger partial charge on any atom is 0.254 e. The summed E-state index contributed by atoms with van der Waals surface area (Å²) < 4.78 is 47.3. The van der Waals surface area contributed by atoms with Crippen molar-refractivity contribution in [2.24, 2.45) is 0 Å². The largest absolute Gasteiger partial charge is 0.378 e. The second-order valence-corrected chi connectivity index (χ2v) is 9.23. The zero-order valence-electron chi connectivity index (χ0n) is 17.3. The van der Waals surface area contributed by atoms with Crippen molar-refractivity contribution < 1.29 is 22.3 Å². The highest BCUT2D eigenvalue weighted by molar-refractivity contribution is 7.89. The Morgan fingerprint density at radius 2 is 1.59 bits per heavy atom. The molecule has 1 N–H and O–H groups in total. The monoisotopic (exact) mass is 454 g/mol. The van der Waals surface area contributed by atoms with Crippen molar-refractivity contribution in [2.75, 3.05) is 26.3 Å². The van der Waals surface area contributed by atoms with Gasteiger partial charge in [0.15, 0.2) is 0 Å². The van der Waals surface area contributed by atoms with Gasteiger partial charge in [0.1, 0.15) is 5.82 Å². The highest BCUT2D eigenvalue weighted by Gasteiger charge is 2.20. The first-order valence-corrected chi connectivity index (χ1v) is 11.7. The Bertz CT molecular complexity index is 1190. The van der Waals surface area contributed by atoms with E-state index in [9.17, 15) is 17.6 Å². The van der Waals surface area contributed by atoms with E-state index >= 15 is 0 Å². The van der Waals surface area contributed by atoms with Gasteiger partial charge in [0, 0.05) is 25.2 Å². The van der Waals surface area contributed by atoms with Crippen LogP contribution in [0.15, 0.2) is 77.7 Å². The fourth-order valence-electron chi connectivity index (χ4n) is 3.54. The van der Waals surface area contributed by atoms with Crippen molar-refractivity contribution >= 4 is 15.9 Å². The third kappa shape index (κ3) is 5.21. The van der Waals surface area contributed by atoms with E-state index in [0.29, 0.717) is 31.9 Å². The van der Waals surface area contributed by atoms with Crippen LogP contribution < -0.4 is 4.72 Å². The molecule has 8 heteroatoms. The number of sulfonamides is 1. The Labute approximate surface area is 186 Å². The Hall–Kier alpha value is -3.07. The molecule has 6 nitrogen and oxygen atoms in total. The van der Waals surface area contributed by atoms with Crippen LogP contribution >= 0.6 is 0 Å². The molecule has 1 aliphatic heterocycles. The molecule has 0 bridgehead atoms. The normalized spacial score (nSPS) is 14.3. The number of nitrogens with zero attached hydrogens (tertiary/aromatic N) is 1. The molecule has 0 atom stereocenters. The fraction of sp³-hybridized carbons (Fsp3) is 0.208. The van der Waals surface area contributed by atoms with E-state index in [1.807, 2.05) is 30.3 Å². The quantitative estimate of drug-likeness (QED) is 0.619. The summed E-state index contributed by atoms with van der Waals surface area (Å²) in [6.07, 6.45) is 0.